The minimum atomic E-state index is 0.0154. The highest BCUT2D eigenvalue weighted by molar-refractivity contribution is 5.93. The van der Waals surface area contributed by atoms with Gasteiger partial charge >= 0.3 is 0 Å². The summed E-state index contributed by atoms with van der Waals surface area (Å²) in [5.41, 5.74) is 3.00. The quantitative estimate of drug-likeness (QED) is 0.701. The average Bonchev–Trinajstić information content (AvgIpc) is 2.79. The van der Waals surface area contributed by atoms with Crippen LogP contribution in [0.15, 0.2) is 61.2 Å². The second-order valence-electron chi connectivity index (χ2n) is 9.68. The molecule has 4 bridgehead atoms. The number of rotatable bonds is 6. The van der Waals surface area contributed by atoms with Gasteiger partial charge in [-0.1, -0.05) is 30.3 Å². The summed E-state index contributed by atoms with van der Waals surface area (Å²) < 4.78 is 0. The van der Waals surface area contributed by atoms with Crippen LogP contribution in [-0.2, 0) is 0 Å². The maximum atomic E-state index is 12.4. The maximum absolute atomic E-state index is 12.4. The molecule has 0 aliphatic carbocycles. The lowest BCUT2D eigenvalue weighted by molar-refractivity contribution is -0.151. The van der Waals surface area contributed by atoms with Crippen molar-refractivity contribution in [2.45, 2.75) is 55.9 Å². The standard InChI is InChI=1S/C27H33N3O2/c1-4-16-29-22-12-14-24-23(29)13-15-25(22)30(24)26(20-6-5-7-21(31)17-20)18-8-10-19(11-9-18)27(32)28(2)3/h4-11,17,22-26,31H,1,12-16H2,2-3H3. The van der Waals surface area contributed by atoms with Crippen molar-refractivity contribution < 1.29 is 9.90 Å². The van der Waals surface area contributed by atoms with Crippen molar-refractivity contribution in [1.82, 2.24) is 14.7 Å². The third-order valence-corrected chi connectivity index (χ3v) is 7.73. The monoisotopic (exact) mass is 431 g/mol. The van der Waals surface area contributed by atoms with Crippen molar-refractivity contribution in [3.63, 3.8) is 0 Å². The first-order valence-electron chi connectivity index (χ1n) is 11.7. The van der Waals surface area contributed by atoms with Crippen LogP contribution in [0.3, 0.4) is 0 Å². The van der Waals surface area contributed by atoms with Gasteiger partial charge in [-0.25, -0.2) is 0 Å². The first-order chi connectivity index (χ1) is 15.5. The van der Waals surface area contributed by atoms with Crippen LogP contribution in [0.5, 0.6) is 5.75 Å². The zero-order valence-corrected chi connectivity index (χ0v) is 19.0. The topological polar surface area (TPSA) is 47.0 Å². The van der Waals surface area contributed by atoms with E-state index in [2.05, 4.69) is 34.6 Å². The number of hydrogen-bond acceptors (Lipinski definition) is 4. The number of carbonyl (C=O) groups excluding carboxylic acids is 1. The minimum absolute atomic E-state index is 0.0154. The van der Waals surface area contributed by atoms with Crippen molar-refractivity contribution >= 4 is 5.91 Å². The zero-order chi connectivity index (χ0) is 22.4. The summed E-state index contributed by atoms with van der Waals surface area (Å²) in [6.07, 6.45) is 6.98. The van der Waals surface area contributed by atoms with Crippen LogP contribution < -0.4 is 0 Å². The van der Waals surface area contributed by atoms with Gasteiger partial charge in [0.2, 0.25) is 0 Å². The molecule has 1 amide bonds. The number of nitrogens with zero attached hydrogens (tertiary/aromatic N) is 3. The Morgan fingerprint density at radius 3 is 2.22 bits per heavy atom. The molecule has 32 heavy (non-hydrogen) atoms. The van der Waals surface area contributed by atoms with Crippen LogP contribution in [0.2, 0.25) is 0 Å². The largest absolute Gasteiger partial charge is 0.508 e. The van der Waals surface area contributed by atoms with E-state index in [4.69, 9.17) is 0 Å². The third kappa shape index (κ3) is 3.44. The van der Waals surface area contributed by atoms with Gasteiger partial charge in [-0.15, -0.1) is 6.58 Å². The van der Waals surface area contributed by atoms with Crippen molar-refractivity contribution in [2.24, 2.45) is 0 Å². The summed E-state index contributed by atoms with van der Waals surface area (Å²) in [4.78, 5) is 19.4. The van der Waals surface area contributed by atoms with E-state index in [1.54, 1.807) is 25.1 Å². The number of piperidine rings is 4. The van der Waals surface area contributed by atoms with Gasteiger partial charge in [0, 0.05) is 50.4 Å². The number of amides is 1. The Bertz CT molecular complexity index is 982. The van der Waals surface area contributed by atoms with Gasteiger partial charge in [0.15, 0.2) is 0 Å². The Morgan fingerprint density at radius 1 is 1.03 bits per heavy atom. The molecule has 1 N–H and O–H groups in total. The first kappa shape index (κ1) is 21.2. The van der Waals surface area contributed by atoms with Crippen molar-refractivity contribution in [2.75, 3.05) is 20.6 Å². The molecule has 7 rings (SSSR count). The van der Waals surface area contributed by atoms with Crippen molar-refractivity contribution in [3.05, 3.63) is 77.9 Å². The summed E-state index contributed by atoms with van der Waals surface area (Å²) in [5.74, 6) is 0.314. The second-order valence-corrected chi connectivity index (χ2v) is 9.68. The van der Waals surface area contributed by atoms with Gasteiger partial charge in [0.1, 0.15) is 5.75 Å². The summed E-state index contributed by atoms with van der Waals surface area (Å²) in [6, 6.07) is 18.0. The molecule has 2 aromatic rings. The van der Waals surface area contributed by atoms with Gasteiger partial charge < -0.3 is 10.0 Å². The highest BCUT2D eigenvalue weighted by atomic mass is 16.3. The summed E-state index contributed by atoms with van der Waals surface area (Å²) >= 11 is 0. The number of fused-ring (bicyclic) bond motifs is 2. The highest BCUT2D eigenvalue weighted by Crippen LogP contribution is 2.50. The highest BCUT2D eigenvalue weighted by Gasteiger charge is 2.56. The van der Waals surface area contributed by atoms with Crippen LogP contribution in [0.25, 0.3) is 0 Å². The maximum Gasteiger partial charge on any atom is 0.253 e. The Kier molecular flexibility index (Phi) is 5.56. The first-order valence-corrected chi connectivity index (χ1v) is 11.7. The molecule has 5 heterocycles. The summed E-state index contributed by atoms with van der Waals surface area (Å²) in [7, 11) is 3.56. The molecule has 5 saturated heterocycles. The fourth-order valence-corrected chi connectivity index (χ4v) is 6.51. The van der Waals surface area contributed by atoms with Crippen molar-refractivity contribution in [3.8, 4) is 5.75 Å². The van der Waals surface area contributed by atoms with Gasteiger partial charge in [-0.2, -0.15) is 0 Å². The molecule has 168 valence electrons. The summed E-state index contributed by atoms with van der Waals surface area (Å²) in [5, 5.41) is 10.3. The number of phenolic OH excluding ortho intramolecular Hbond substituents is 1. The van der Waals surface area contributed by atoms with Gasteiger partial charge in [0.05, 0.1) is 6.04 Å². The molecule has 5 heteroatoms. The van der Waals surface area contributed by atoms with E-state index in [1.807, 2.05) is 30.3 Å². The number of aromatic hydroxyl groups is 1. The SMILES string of the molecule is C=CCN1C2CCC3C1CCC2N3C(c1ccc(C(=O)N(C)C)cc1)c1cccc(O)c1. The number of carbonyl (C=O) groups is 1. The smallest absolute Gasteiger partial charge is 0.253 e. The van der Waals surface area contributed by atoms with Gasteiger partial charge in [-0.05, 0) is 61.1 Å². The van der Waals surface area contributed by atoms with E-state index in [9.17, 15) is 9.90 Å². The molecule has 5 atom stereocenters. The van der Waals surface area contributed by atoms with Crippen molar-refractivity contribution in [1.29, 1.82) is 0 Å². The molecule has 0 aromatic heterocycles. The number of phenols is 1. The molecule has 2 aromatic carbocycles. The number of hydrogen-bond donors (Lipinski definition) is 1. The second kappa shape index (κ2) is 8.38. The molecule has 0 saturated carbocycles. The Morgan fingerprint density at radius 2 is 1.66 bits per heavy atom. The van der Waals surface area contributed by atoms with Crippen LogP contribution >= 0.6 is 0 Å². The molecular formula is C27H33N3O2. The third-order valence-electron chi connectivity index (χ3n) is 7.73. The average molecular weight is 432 g/mol. The molecule has 0 spiro atoms. The Balaban J connectivity index is 1.55. The lowest BCUT2D eigenvalue weighted by Crippen LogP contribution is -2.75. The summed E-state index contributed by atoms with van der Waals surface area (Å²) in [6.45, 7) is 4.97. The van der Waals surface area contributed by atoms with E-state index in [0.717, 1.165) is 12.1 Å². The Hall–Kier alpha value is -2.63. The molecule has 5 fully saturated rings. The Labute approximate surface area is 190 Å². The normalized spacial score (nSPS) is 27.9. The predicted octanol–water partition coefficient (Wildman–Crippen LogP) is 4.05. The predicted molar refractivity (Wildman–Crippen MR) is 127 cm³/mol. The number of piperazine rings is 1. The van der Waals surface area contributed by atoms with E-state index < -0.39 is 0 Å². The van der Waals surface area contributed by atoms with E-state index in [1.165, 1.54) is 31.2 Å². The fraction of sp³-hybridized carbons (Fsp3) is 0.444. The lowest BCUT2D eigenvalue weighted by Gasteiger charge is -2.66. The molecule has 0 radical (unpaired) electrons. The van der Waals surface area contributed by atoms with Gasteiger partial charge in [-0.3, -0.25) is 14.6 Å². The zero-order valence-electron chi connectivity index (χ0n) is 19.0. The van der Waals surface area contributed by atoms with E-state index in [0.29, 0.717) is 35.5 Å². The van der Waals surface area contributed by atoms with Crippen LogP contribution in [0.1, 0.15) is 53.2 Å². The van der Waals surface area contributed by atoms with E-state index in [-0.39, 0.29) is 11.9 Å². The minimum Gasteiger partial charge on any atom is -0.508 e. The number of benzene rings is 2. The molecule has 5 unspecified atom stereocenters. The fourth-order valence-electron chi connectivity index (χ4n) is 6.51. The molecule has 5 aliphatic rings. The van der Waals surface area contributed by atoms with Crippen LogP contribution in [-0.4, -0.2) is 70.5 Å². The van der Waals surface area contributed by atoms with Crippen LogP contribution in [0.4, 0.5) is 0 Å². The van der Waals surface area contributed by atoms with E-state index >= 15 is 0 Å². The van der Waals surface area contributed by atoms with Gasteiger partial charge in [0.25, 0.3) is 5.91 Å². The molecule has 5 nitrogen and oxygen atoms in total. The van der Waals surface area contributed by atoms with Crippen LogP contribution in [0, 0.1) is 0 Å². The molecule has 5 aliphatic heterocycles. The molecular weight excluding hydrogens is 398 g/mol. The lowest BCUT2D eigenvalue weighted by atomic mass is 9.69.